The molecule has 0 unspecified atom stereocenters. The number of halogens is 2. The summed E-state index contributed by atoms with van der Waals surface area (Å²) in [4.78, 5) is 11.8. The molecular weight excluding hydrogens is 334 g/mol. The quantitative estimate of drug-likeness (QED) is 0.921. The lowest BCUT2D eigenvalue weighted by Gasteiger charge is -2.09. The molecule has 1 N–H and O–H groups in total. The number of methoxy groups -OCH3 is 1. The van der Waals surface area contributed by atoms with E-state index in [0.29, 0.717) is 22.0 Å². The maximum Gasteiger partial charge on any atom is 0.287 e. The van der Waals surface area contributed by atoms with Crippen LogP contribution in [0.5, 0.6) is 5.75 Å². The van der Waals surface area contributed by atoms with E-state index < -0.39 is 0 Å². The predicted molar refractivity (Wildman–Crippen MR) is 75.6 cm³/mol. The third-order valence-corrected chi connectivity index (χ3v) is 3.14. The average molecular weight is 345 g/mol. The fourth-order valence-corrected chi connectivity index (χ4v) is 2.09. The molecule has 19 heavy (non-hydrogen) atoms. The Morgan fingerprint density at radius 2 is 2.21 bits per heavy atom. The second kappa shape index (κ2) is 6.12. The van der Waals surface area contributed by atoms with Gasteiger partial charge >= 0.3 is 0 Å². The highest BCUT2D eigenvalue weighted by Gasteiger charge is 2.11. The molecule has 100 valence electrons. The number of carbonyl (C=O) groups is 1. The van der Waals surface area contributed by atoms with Gasteiger partial charge in [-0.3, -0.25) is 4.79 Å². The second-order valence-corrected chi connectivity index (χ2v) is 4.96. The van der Waals surface area contributed by atoms with Crippen LogP contribution in [0.1, 0.15) is 16.1 Å². The van der Waals surface area contributed by atoms with Crippen molar-refractivity contribution in [1.29, 1.82) is 0 Å². The molecule has 4 nitrogen and oxygen atoms in total. The van der Waals surface area contributed by atoms with Crippen molar-refractivity contribution in [2.45, 2.75) is 6.54 Å². The van der Waals surface area contributed by atoms with Crippen LogP contribution in [0.4, 0.5) is 0 Å². The van der Waals surface area contributed by atoms with Gasteiger partial charge in [0.1, 0.15) is 5.75 Å². The Morgan fingerprint density at radius 3 is 2.84 bits per heavy atom. The molecule has 1 aromatic carbocycles. The van der Waals surface area contributed by atoms with Gasteiger partial charge in [0.25, 0.3) is 5.91 Å². The van der Waals surface area contributed by atoms with E-state index in [1.54, 1.807) is 37.4 Å². The molecule has 0 bridgehead atoms. The fraction of sp³-hybridized carbons (Fsp3) is 0.154. The van der Waals surface area contributed by atoms with Crippen LogP contribution in [-0.4, -0.2) is 13.0 Å². The smallest absolute Gasteiger partial charge is 0.287 e. The Hall–Kier alpha value is -1.46. The number of rotatable bonds is 4. The lowest BCUT2D eigenvalue weighted by molar-refractivity contribution is 0.0921. The van der Waals surface area contributed by atoms with Crippen LogP contribution in [0.25, 0.3) is 0 Å². The van der Waals surface area contributed by atoms with E-state index >= 15 is 0 Å². The van der Waals surface area contributed by atoms with Gasteiger partial charge < -0.3 is 14.5 Å². The fourth-order valence-electron chi connectivity index (χ4n) is 1.58. The van der Waals surface area contributed by atoms with Gasteiger partial charge in [-0.15, -0.1) is 0 Å². The van der Waals surface area contributed by atoms with Crippen LogP contribution in [0.15, 0.2) is 39.4 Å². The van der Waals surface area contributed by atoms with Gasteiger partial charge in [-0.25, -0.2) is 0 Å². The van der Waals surface area contributed by atoms with Gasteiger partial charge in [0, 0.05) is 17.1 Å². The van der Waals surface area contributed by atoms with Crippen molar-refractivity contribution in [3.8, 4) is 5.75 Å². The largest absolute Gasteiger partial charge is 0.496 e. The number of furan rings is 1. The zero-order chi connectivity index (χ0) is 13.8. The van der Waals surface area contributed by atoms with Crippen molar-refractivity contribution in [3.63, 3.8) is 0 Å². The number of hydrogen-bond acceptors (Lipinski definition) is 3. The van der Waals surface area contributed by atoms with Gasteiger partial charge in [-0.05, 0) is 46.3 Å². The molecule has 0 aliphatic rings. The molecule has 0 fully saturated rings. The van der Waals surface area contributed by atoms with E-state index in [9.17, 15) is 4.79 Å². The predicted octanol–water partition coefficient (Wildman–Crippen LogP) is 3.63. The summed E-state index contributed by atoms with van der Waals surface area (Å²) in [6.07, 6.45) is 0. The Balaban J connectivity index is 2.06. The molecule has 2 aromatic rings. The van der Waals surface area contributed by atoms with Crippen molar-refractivity contribution < 1.29 is 13.9 Å². The first-order chi connectivity index (χ1) is 9.10. The van der Waals surface area contributed by atoms with Crippen LogP contribution in [0.3, 0.4) is 0 Å². The Kier molecular flexibility index (Phi) is 4.50. The molecule has 0 atom stereocenters. The maximum atomic E-state index is 11.8. The molecule has 1 aromatic heterocycles. The number of benzene rings is 1. The normalized spacial score (nSPS) is 10.3. The molecule has 0 aliphatic heterocycles. The van der Waals surface area contributed by atoms with Crippen LogP contribution in [0, 0.1) is 0 Å². The summed E-state index contributed by atoms with van der Waals surface area (Å²) in [5.74, 6) is 0.617. The first-order valence-electron chi connectivity index (χ1n) is 5.46. The molecule has 0 aliphatic carbocycles. The summed E-state index contributed by atoms with van der Waals surface area (Å²) in [5, 5.41) is 3.33. The highest BCUT2D eigenvalue weighted by molar-refractivity contribution is 9.10. The Labute approximate surface area is 123 Å². The molecule has 0 radical (unpaired) electrons. The molecule has 0 saturated heterocycles. The van der Waals surface area contributed by atoms with Crippen molar-refractivity contribution >= 4 is 33.4 Å². The van der Waals surface area contributed by atoms with E-state index in [1.807, 2.05) is 0 Å². The lowest BCUT2D eigenvalue weighted by atomic mass is 10.2. The molecule has 0 saturated carbocycles. The molecular formula is C13H11BrClNO3. The first-order valence-corrected chi connectivity index (χ1v) is 6.63. The van der Waals surface area contributed by atoms with Crippen molar-refractivity contribution in [1.82, 2.24) is 5.32 Å². The van der Waals surface area contributed by atoms with Gasteiger partial charge in [-0.2, -0.15) is 0 Å². The third-order valence-electron chi connectivity index (χ3n) is 2.48. The summed E-state index contributed by atoms with van der Waals surface area (Å²) < 4.78 is 10.9. The highest BCUT2D eigenvalue weighted by Crippen LogP contribution is 2.22. The number of carbonyl (C=O) groups excluding carboxylic acids is 1. The number of amides is 1. The van der Waals surface area contributed by atoms with E-state index in [4.69, 9.17) is 20.8 Å². The molecule has 1 amide bonds. The SMILES string of the molecule is COc1ccc(Cl)cc1CNC(=O)c1ccc(Br)o1. The average Bonchev–Trinajstić information content (AvgIpc) is 2.83. The topological polar surface area (TPSA) is 51.5 Å². The minimum Gasteiger partial charge on any atom is -0.496 e. The first kappa shape index (κ1) is 14.0. The molecule has 2 rings (SSSR count). The number of ether oxygens (including phenoxy) is 1. The molecule has 0 spiro atoms. The Bertz CT molecular complexity index is 597. The van der Waals surface area contributed by atoms with Gasteiger partial charge in [0.2, 0.25) is 0 Å². The standard InChI is InChI=1S/C13H11BrClNO3/c1-18-10-3-2-9(15)6-8(10)7-16-13(17)11-4-5-12(14)19-11/h2-6H,7H2,1H3,(H,16,17). The molecule has 6 heteroatoms. The van der Waals surface area contributed by atoms with Crippen LogP contribution in [0.2, 0.25) is 5.02 Å². The van der Waals surface area contributed by atoms with E-state index in [2.05, 4.69) is 21.2 Å². The second-order valence-electron chi connectivity index (χ2n) is 3.74. The highest BCUT2D eigenvalue weighted by atomic mass is 79.9. The summed E-state index contributed by atoms with van der Waals surface area (Å²) in [6, 6.07) is 8.49. The minimum atomic E-state index is -0.298. The van der Waals surface area contributed by atoms with E-state index in [1.165, 1.54) is 0 Å². The number of nitrogens with one attached hydrogen (secondary N) is 1. The van der Waals surface area contributed by atoms with E-state index in [-0.39, 0.29) is 11.7 Å². The monoisotopic (exact) mass is 343 g/mol. The number of hydrogen-bond donors (Lipinski definition) is 1. The summed E-state index contributed by atoms with van der Waals surface area (Å²) in [5.41, 5.74) is 0.800. The maximum absolute atomic E-state index is 11.8. The Morgan fingerprint density at radius 1 is 1.42 bits per heavy atom. The van der Waals surface area contributed by atoms with Crippen LogP contribution >= 0.6 is 27.5 Å². The zero-order valence-corrected chi connectivity index (χ0v) is 12.4. The van der Waals surface area contributed by atoms with Crippen LogP contribution < -0.4 is 10.1 Å². The molecule has 1 heterocycles. The van der Waals surface area contributed by atoms with Crippen molar-refractivity contribution in [2.75, 3.05) is 7.11 Å². The van der Waals surface area contributed by atoms with Gasteiger partial charge in [0.05, 0.1) is 7.11 Å². The van der Waals surface area contributed by atoms with Gasteiger partial charge in [0.15, 0.2) is 10.4 Å². The summed E-state index contributed by atoms with van der Waals surface area (Å²) >= 11 is 9.06. The minimum absolute atomic E-state index is 0.243. The van der Waals surface area contributed by atoms with Gasteiger partial charge in [-0.1, -0.05) is 11.6 Å². The van der Waals surface area contributed by atoms with Crippen molar-refractivity contribution in [3.05, 3.63) is 51.3 Å². The van der Waals surface area contributed by atoms with E-state index in [0.717, 1.165) is 5.56 Å². The zero-order valence-electron chi connectivity index (χ0n) is 10.1. The summed E-state index contributed by atoms with van der Waals surface area (Å²) in [6.45, 7) is 0.306. The summed E-state index contributed by atoms with van der Waals surface area (Å²) in [7, 11) is 1.57. The van der Waals surface area contributed by atoms with Crippen molar-refractivity contribution in [2.24, 2.45) is 0 Å². The lowest BCUT2D eigenvalue weighted by Crippen LogP contribution is -2.22. The van der Waals surface area contributed by atoms with Crippen LogP contribution in [-0.2, 0) is 6.54 Å². The third kappa shape index (κ3) is 3.52.